The second-order valence-electron chi connectivity index (χ2n) is 7.68. The fraction of sp³-hybridized carbons (Fsp3) is 0.192. The highest BCUT2D eigenvalue weighted by molar-refractivity contribution is 5.81. The van der Waals surface area contributed by atoms with E-state index in [0.717, 1.165) is 23.4 Å². The van der Waals surface area contributed by atoms with E-state index >= 15 is 0 Å². The lowest BCUT2D eigenvalue weighted by Gasteiger charge is -2.11. The summed E-state index contributed by atoms with van der Waals surface area (Å²) in [6.07, 6.45) is 2.25. The smallest absolute Gasteiger partial charge is 0.303 e. The molecule has 0 aliphatic heterocycles. The van der Waals surface area contributed by atoms with Gasteiger partial charge in [0.2, 0.25) is 0 Å². The van der Waals surface area contributed by atoms with Gasteiger partial charge in [0.15, 0.2) is 0 Å². The molecule has 3 aromatic carbocycles. The van der Waals surface area contributed by atoms with Crippen LogP contribution in [0.1, 0.15) is 36.0 Å². The first-order valence-electron chi connectivity index (χ1n) is 10.1. The van der Waals surface area contributed by atoms with Gasteiger partial charge < -0.3 is 14.4 Å². The molecule has 4 rings (SSSR count). The van der Waals surface area contributed by atoms with Crippen LogP contribution in [0.4, 0.5) is 0 Å². The molecule has 4 nitrogen and oxygen atoms in total. The van der Waals surface area contributed by atoms with E-state index in [1.54, 1.807) is 0 Å². The number of nitrogens with zero attached hydrogens (tertiary/aromatic N) is 1. The number of aromatic nitrogens is 1. The van der Waals surface area contributed by atoms with Crippen molar-refractivity contribution >= 4 is 16.9 Å². The molecule has 0 amide bonds. The average Bonchev–Trinajstić information content (AvgIpc) is 3.15. The van der Waals surface area contributed by atoms with Gasteiger partial charge in [-0.05, 0) is 58.3 Å². The zero-order chi connectivity index (χ0) is 20.9. The zero-order valence-electron chi connectivity index (χ0n) is 17.0. The van der Waals surface area contributed by atoms with Crippen LogP contribution in [0.2, 0.25) is 0 Å². The summed E-state index contributed by atoms with van der Waals surface area (Å²) in [5, 5.41) is 10.1. The lowest BCUT2D eigenvalue weighted by atomic mass is 9.98. The number of rotatable bonds is 8. The molecule has 1 atom stereocenters. The fourth-order valence-corrected chi connectivity index (χ4v) is 3.70. The maximum Gasteiger partial charge on any atom is 0.303 e. The number of carbonyl (C=O) groups is 1. The predicted octanol–water partition coefficient (Wildman–Crippen LogP) is 5.85. The summed E-state index contributed by atoms with van der Waals surface area (Å²) in [6, 6.07) is 26.7. The Bertz CT molecular complexity index is 1130. The van der Waals surface area contributed by atoms with Crippen LogP contribution in [0.5, 0.6) is 5.75 Å². The van der Waals surface area contributed by atoms with E-state index in [0.29, 0.717) is 6.61 Å². The van der Waals surface area contributed by atoms with Crippen LogP contribution in [0.25, 0.3) is 10.9 Å². The number of hydrogen-bond acceptors (Lipinski definition) is 2. The molecule has 4 aromatic rings. The van der Waals surface area contributed by atoms with E-state index in [4.69, 9.17) is 9.84 Å². The number of aliphatic carboxylic acids is 1. The number of hydrogen-bond donors (Lipinski definition) is 1. The van der Waals surface area contributed by atoms with Crippen molar-refractivity contribution in [1.29, 1.82) is 0 Å². The van der Waals surface area contributed by atoms with Crippen LogP contribution < -0.4 is 4.74 Å². The number of benzene rings is 3. The van der Waals surface area contributed by atoms with Gasteiger partial charge in [0.1, 0.15) is 12.4 Å². The Morgan fingerprint density at radius 3 is 2.47 bits per heavy atom. The number of carboxylic acids is 1. The summed E-state index contributed by atoms with van der Waals surface area (Å²) in [5.74, 6) is -0.0160. The van der Waals surface area contributed by atoms with E-state index in [1.807, 2.05) is 37.3 Å². The minimum Gasteiger partial charge on any atom is -0.489 e. The highest BCUT2D eigenvalue weighted by atomic mass is 16.5. The van der Waals surface area contributed by atoms with E-state index < -0.39 is 5.97 Å². The molecule has 0 aliphatic carbocycles. The van der Waals surface area contributed by atoms with Gasteiger partial charge >= 0.3 is 5.97 Å². The molecule has 0 saturated heterocycles. The van der Waals surface area contributed by atoms with Crippen LogP contribution in [0.3, 0.4) is 0 Å². The third kappa shape index (κ3) is 4.71. The first kappa shape index (κ1) is 19.8. The topological polar surface area (TPSA) is 51.5 Å². The van der Waals surface area contributed by atoms with Crippen LogP contribution in [0.15, 0.2) is 85.1 Å². The normalized spacial score (nSPS) is 12.0. The fourth-order valence-electron chi connectivity index (χ4n) is 3.70. The maximum absolute atomic E-state index is 10.9. The van der Waals surface area contributed by atoms with Crippen LogP contribution in [0, 0.1) is 0 Å². The molecular formula is C26H25NO3. The van der Waals surface area contributed by atoms with Crippen LogP contribution in [-0.2, 0) is 17.9 Å². The zero-order valence-corrected chi connectivity index (χ0v) is 17.0. The highest BCUT2D eigenvalue weighted by Crippen LogP contribution is 2.23. The van der Waals surface area contributed by atoms with Crippen molar-refractivity contribution in [2.45, 2.75) is 32.4 Å². The summed E-state index contributed by atoms with van der Waals surface area (Å²) >= 11 is 0. The standard InChI is InChI=1S/C26H25NO3/c1-19(15-26(28)29)22-8-10-24(11-9-22)30-18-21-7-12-25-23(16-21)13-14-27(25)17-20-5-3-2-4-6-20/h2-14,16,19H,15,17-18H2,1H3,(H,28,29)/t19-/m0/s1. The molecule has 1 heterocycles. The van der Waals surface area contributed by atoms with Gasteiger partial charge in [-0.2, -0.15) is 0 Å². The van der Waals surface area contributed by atoms with Crippen molar-refractivity contribution in [3.63, 3.8) is 0 Å². The first-order valence-corrected chi connectivity index (χ1v) is 10.1. The Labute approximate surface area is 176 Å². The summed E-state index contributed by atoms with van der Waals surface area (Å²) in [5.41, 5.74) is 4.61. The largest absolute Gasteiger partial charge is 0.489 e. The van der Waals surface area contributed by atoms with Gasteiger partial charge in [-0.25, -0.2) is 0 Å². The second kappa shape index (κ2) is 8.87. The molecule has 30 heavy (non-hydrogen) atoms. The number of fused-ring (bicyclic) bond motifs is 1. The Morgan fingerprint density at radius 1 is 0.967 bits per heavy atom. The lowest BCUT2D eigenvalue weighted by Crippen LogP contribution is -2.03. The SMILES string of the molecule is C[C@@H](CC(=O)O)c1ccc(OCc2ccc3c(ccn3Cc3ccccc3)c2)cc1. The van der Waals surface area contributed by atoms with Gasteiger partial charge in [0.05, 0.1) is 6.42 Å². The summed E-state index contributed by atoms with van der Waals surface area (Å²) in [4.78, 5) is 10.9. The summed E-state index contributed by atoms with van der Waals surface area (Å²) in [6.45, 7) is 3.26. The minimum absolute atomic E-state index is 0.0149. The van der Waals surface area contributed by atoms with Crippen molar-refractivity contribution < 1.29 is 14.6 Å². The molecule has 0 spiro atoms. The minimum atomic E-state index is -0.782. The highest BCUT2D eigenvalue weighted by Gasteiger charge is 2.10. The molecule has 152 valence electrons. The lowest BCUT2D eigenvalue weighted by molar-refractivity contribution is -0.137. The van der Waals surface area contributed by atoms with E-state index in [-0.39, 0.29) is 12.3 Å². The van der Waals surface area contributed by atoms with Crippen LogP contribution in [-0.4, -0.2) is 15.6 Å². The van der Waals surface area contributed by atoms with Gasteiger partial charge in [0.25, 0.3) is 0 Å². The summed E-state index contributed by atoms with van der Waals surface area (Å²) in [7, 11) is 0. The van der Waals surface area contributed by atoms with Crippen molar-refractivity contribution in [1.82, 2.24) is 4.57 Å². The Morgan fingerprint density at radius 2 is 1.73 bits per heavy atom. The van der Waals surface area contributed by atoms with E-state index in [2.05, 4.69) is 59.3 Å². The molecule has 0 saturated carbocycles. The second-order valence-corrected chi connectivity index (χ2v) is 7.68. The first-order chi connectivity index (χ1) is 14.6. The van der Waals surface area contributed by atoms with Crippen LogP contribution >= 0.6 is 0 Å². The summed E-state index contributed by atoms with van der Waals surface area (Å²) < 4.78 is 8.19. The number of carboxylic acid groups (broad SMARTS) is 1. The Kier molecular flexibility index (Phi) is 5.84. The number of ether oxygens (including phenoxy) is 1. The van der Waals surface area contributed by atoms with E-state index in [1.165, 1.54) is 16.5 Å². The van der Waals surface area contributed by atoms with Gasteiger partial charge in [-0.1, -0.05) is 55.5 Å². The maximum atomic E-state index is 10.9. The third-order valence-electron chi connectivity index (χ3n) is 5.37. The van der Waals surface area contributed by atoms with E-state index in [9.17, 15) is 4.79 Å². The molecule has 0 radical (unpaired) electrons. The predicted molar refractivity (Wildman–Crippen MR) is 119 cm³/mol. The monoisotopic (exact) mass is 399 g/mol. The molecule has 0 fully saturated rings. The molecule has 1 aromatic heterocycles. The van der Waals surface area contributed by atoms with Crippen molar-refractivity contribution in [2.75, 3.05) is 0 Å². The molecule has 0 bridgehead atoms. The third-order valence-corrected chi connectivity index (χ3v) is 5.37. The Balaban J connectivity index is 1.40. The quantitative estimate of drug-likeness (QED) is 0.404. The van der Waals surface area contributed by atoms with Crippen molar-refractivity contribution in [3.8, 4) is 5.75 Å². The molecule has 4 heteroatoms. The molecule has 0 aliphatic rings. The van der Waals surface area contributed by atoms with Gasteiger partial charge in [-0.15, -0.1) is 0 Å². The van der Waals surface area contributed by atoms with Crippen molar-refractivity contribution in [3.05, 3.63) is 102 Å². The molecule has 0 unspecified atom stereocenters. The Hall–Kier alpha value is -3.53. The average molecular weight is 399 g/mol. The van der Waals surface area contributed by atoms with Gasteiger partial charge in [0, 0.05) is 18.3 Å². The molecule has 1 N–H and O–H groups in total. The van der Waals surface area contributed by atoms with Crippen molar-refractivity contribution in [2.24, 2.45) is 0 Å². The van der Waals surface area contributed by atoms with Gasteiger partial charge in [-0.3, -0.25) is 4.79 Å². The molecular weight excluding hydrogens is 374 g/mol.